The maximum absolute atomic E-state index is 10.4. The molecular weight excluding hydrogens is 318 g/mol. The number of unbranched alkanes of at least 4 members (excludes halogenated alkanes) is 1. The molecule has 0 bridgehead atoms. The summed E-state index contributed by atoms with van der Waals surface area (Å²) in [6.45, 7) is 1.84. The lowest BCUT2D eigenvalue weighted by Gasteiger charge is -2.14. The first-order chi connectivity index (χ1) is 11.3. The molecule has 8 heteroatoms. The highest BCUT2D eigenvalue weighted by Gasteiger charge is 2.11. The smallest absolute Gasteiger partial charge is 0.303 e. The van der Waals surface area contributed by atoms with Crippen molar-refractivity contribution in [1.82, 2.24) is 0 Å². The normalized spacial score (nSPS) is 9.50. The first kappa shape index (κ1) is 21.5. The number of ether oxygens (including phenoxy) is 3. The van der Waals surface area contributed by atoms with Gasteiger partial charge >= 0.3 is 5.97 Å². The second kappa shape index (κ2) is 12.0. The SMILES string of the molecule is CC(=O)O.COc1cc(OCCCCC(=O)O)cc(OC)c1CN. The molecule has 0 aliphatic rings. The number of carboxylic acids is 2. The van der Waals surface area contributed by atoms with E-state index >= 15 is 0 Å². The van der Waals surface area contributed by atoms with Crippen molar-refractivity contribution in [2.45, 2.75) is 32.7 Å². The van der Waals surface area contributed by atoms with E-state index in [0.29, 0.717) is 43.2 Å². The standard InChI is InChI=1S/C14H21NO5.C2H4O2/c1-18-12-7-10(8-13(19-2)11(12)9-15)20-6-4-3-5-14(16)17;1-2(3)4/h7-8H,3-6,9,15H2,1-2H3,(H,16,17);1H3,(H,3,4). The summed E-state index contributed by atoms with van der Waals surface area (Å²) in [5.74, 6) is 0.228. The summed E-state index contributed by atoms with van der Waals surface area (Å²) >= 11 is 0. The van der Waals surface area contributed by atoms with Crippen LogP contribution in [0.2, 0.25) is 0 Å². The maximum atomic E-state index is 10.4. The molecule has 0 saturated heterocycles. The second-order valence-corrected chi connectivity index (χ2v) is 4.73. The van der Waals surface area contributed by atoms with Crippen LogP contribution in [0.4, 0.5) is 0 Å². The topological polar surface area (TPSA) is 128 Å². The third kappa shape index (κ3) is 8.84. The molecular formula is C16H25NO7. The van der Waals surface area contributed by atoms with E-state index in [0.717, 1.165) is 12.5 Å². The minimum atomic E-state index is -0.833. The highest BCUT2D eigenvalue weighted by Crippen LogP contribution is 2.33. The van der Waals surface area contributed by atoms with Crippen LogP contribution in [0.5, 0.6) is 17.2 Å². The molecule has 0 amide bonds. The molecule has 1 aromatic rings. The number of benzene rings is 1. The Morgan fingerprint density at radius 3 is 1.96 bits per heavy atom. The summed E-state index contributed by atoms with van der Waals surface area (Å²) < 4.78 is 16.1. The number of carboxylic acid groups (broad SMARTS) is 2. The third-order valence-corrected chi connectivity index (χ3v) is 2.84. The lowest BCUT2D eigenvalue weighted by molar-refractivity contribution is -0.137. The summed E-state index contributed by atoms with van der Waals surface area (Å²) in [6.07, 6.45) is 1.42. The van der Waals surface area contributed by atoms with Crippen molar-refractivity contribution in [2.24, 2.45) is 5.73 Å². The minimum absolute atomic E-state index is 0.155. The average molecular weight is 343 g/mol. The largest absolute Gasteiger partial charge is 0.496 e. The van der Waals surface area contributed by atoms with Gasteiger partial charge in [0.15, 0.2) is 0 Å². The lowest BCUT2D eigenvalue weighted by Crippen LogP contribution is -2.05. The van der Waals surface area contributed by atoms with Crippen LogP contribution < -0.4 is 19.9 Å². The monoisotopic (exact) mass is 343 g/mol. The molecule has 1 rings (SSSR count). The van der Waals surface area contributed by atoms with Gasteiger partial charge in [0.1, 0.15) is 17.2 Å². The number of hydrogen-bond donors (Lipinski definition) is 3. The number of methoxy groups -OCH3 is 2. The van der Waals surface area contributed by atoms with Gasteiger partial charge in [-0.3, -0.25) is 9.59 Å². The molecule has 4 N–H and O–H groups in total. The molecule has 0 aliphatic carbocycles. The van der Waals surface area contributed by atoms with Crippen molar-refractivity contribution in [3.8, 4) is 17.2 Å². The quantitative estimate of drug-likeness (QED) is 0.580. The Morgan fingerprint density at radius 2 is 1.58 bits per heavy atom. The summed E-state index contributed by atoms with van der Waals surface area (Å²) in [5, 5.41) is 16.0. The summed E-state index contributed by atoms with van der Waals surface area (Å²) in [7, 11) is 3.12. The van der Waals surface area contributed by atoms with Crippen LogP contribution in [0.1, 0.15) is 31.7 Å². The van der Waals surface area contributed by atoms with Gasteiger partial charge in [-0.15, -0.1) is 0 Å². The molecule has 0 spiro atoms. The highest BCUT2D eigenvalue weighted by atomic mass is 16.5. The van der Waals surface area contributed by atoms with Crippen molar-refractivity contribution in [3.63, 3.8) is 0 Å². The third-order valence-electron chi connectivity index (χ3n) is 2.84. The van der Waals surface area contributed by atoms with Gasteiger partial charge in [0, 0.05) is 37.6 Å². The van der Waals surface area contributed by atoms with Crippen LogP contribution in [0.25, 0.3) is 0 Å². The van der Waals surface area contributed by atoms with Gasteiger partial charge in [-0.2, -0.15) is 0 Å². The van der Waals surface area contributed by atoms with Crippen molar-refractivity contribution in [1.29, 1.82) is 0 Å². The first-order valence-electron chi connectivity index (χ1n) is 7.34. The maximum Gasteiger partial charge on any atom is 0.303 e. The van der Waals surface area contributed by atoms with Gasteiger partial charge in [-0.05, 0) is 12.8 Å². The van der Waals surface area contributed by atoms with Gasteiger partial charge in [0.05, 0.1) is 20.8 Å². The molecule has 0 aliphatic heterocycles. The molecule has 24 heavy (non-hydrogen) atoms. The molecule has 0 radical (unpaired) electrons. The van der Waals surface area contributed by atoms with E-state index in [4.69, 9.17) is 35.0 Å². The molecule has 8 nitrogen and oxygen atoms in total. The molecule has 0 heterocycles. The number of rotatable bonds is 9. The van der Waals surface area contributed by atoms with Gasteiger partial charge in [-0.25, -0.2) is 0 Å². The summed E-state index contributed by atoms with van der Waals surface area (Å²) in [6, 6.07) is 3.50. The Hall–Kier alpha value is -2.48. The predicted molar refractivity (Wildman–Crippen MR) is 87.7 cm³/mol. The first-order valence-corrected chi connectivity index (χ1v) is 7.34. The highest BCUT2D eigenvalue weighted by molar-refractivity contribution is 5.66. The molecule has 0 unspecified atom stereocenters. The number of carbonyl (C=O) groups is 2. The molecule has 136 valence electrons. The van der Waals surface area contributed by atoms with Crippen LogP contribution in [-0.2, 0) is 16.1 Å². The number of nitrogens with two attached hydrogens (primary N) is 1. The Balaban J connectivity index is 0.00000118. The van der Waals surface area contributed by atoms with E-state index in [1.54, 1.807) is 26.4 Å². The predicted octanol–water partition coefficient (Wildman–Crippen LogP) is 1.89. The molecule has 0 fully saturated rings. The van der Waals surface area contributed by atoms with Gasteiger partial charge in [0.25, 0.3) is 5.97 Å². The zero-order valence-corrected chi connectivity index (χ0v) is 14.2. The Bertz CT molecular complexity index is 502. The van der Waals surface area contributed by atoms with Crippen LogP contribution in [0.15, 0.2) is 12.1 Å². The Morgan fingerprint density at radius 1 is 1.08 bits per heavy atom. The van der Waals surface area contributed by atoms with E-state index in [-0.39, 0.29) is 6.42 Å². The van der Waals surface area contributed by atoms with Crippen molar-refractivity contribution < 1.29 is 34.0 Å². The van der Waals surface area contributed by atoms with E-state index in [1.165, 1.54) is 0 Å². The van der Waals surface area contributed by atoms with Crippen LogP contribution in [0.3, 0.4) is 0 Å². The van der Waals surface area contributed by atoms with E-state index in [1.807, 2.05) is 0 Å². The summed E-state index contributed by atoms with van der Waals surface area (Å²) in [5.41, 5.74) is 6.45. The minimum Gasteiger partial charge on any atom is -0.496 e. The van der Waals surface area contributed by atoms with Crippen LogP contribution in [-0.4, -0.2) is 43.0 Å². The second-order valence-electron chi connectivity index (χ2n) is 4.73. The lowest BCUT2D eigenvalue weighted by atomic mass is 10.1. The van der Waals surface area contributed by atoms with E-state index < -0.39 is 11.9 Å². The van der Waals surface area contributed by atoms with Gasteiger partial charge < -0.3 is 30.2 Å². The fourth-order valence-electron chi connectivity index (χ4n) is 1.81. The molecule has 0 aromatic heterocycles. The molecule has 1 aromatic carbocycles. The Kier molecular flexibility index (Phi) is 10.8. The van der Waals surface area contributed by atoms with Crippen molar-refractivity contribution in [3.05, 3.63) is 17.7 Å². The molecule has 0 atom stereocenters. The van der Waals surface area contributed by atoms with Gasteiger partial charge in [0.2, 0.25) is 0 Å². The molecule has 0 saturated carbocycles. The number of aliphatic carboxylic acids is 2. The average Bonchev–Trinajstić information content (AvgIpc) is 2.52. The van der Waals surface area contributed by atoms with Gasteiger partial charge in [-0.1, -0.05) is 0 Å². The van der Waals surface area contributed by atoms with E-state index in [9.17, 15) is 4.79 Å². The van der Waals surface area contributed by atoms with Crippen LogP contribution >= 0.6 is 0 Å². The zero-order valence-electron chi connectivity index (χ0n) is 14.2. The zero-order chi connectivity index (χ0) is 18.5. The fraction of sp³-hybridized carbons (Fsp3) is 0.500. The van der Waals surface area contributed by atoms with E-state index in [2.05, 4.69) is 0 Å². The van der Waals surface area contributed by atoms with Crippen molar-refractivity contribution in [2.75, 3.05) is 20.8 Å². The van der Waals surface area contributed by atoms with Crippen LogP contribution in [0, 0.1) is 0 Å². The Labute approximate surface area is 141 Å². The summed E-state index contributed by atoms with van der Waals surface area (Å²) in [4.78, 5) is 19.4. The van der Waals surface area contributed by atoms with Crippen molar-refractivity contribution >= 4 is 11.9 Å². The number of hydrogen-bond acceptors (Lipinski definition) is 6. The fourth-order valence-corrected chi connectivity index (χ4v) is 1.81.